The van der Waals surface area contributed by atoms with Gasteiger partial charge in [-0.15, -0.1) is 11.8 Å². The van der Waals surface area contributed by atoms with Gasteiger partial charge in [0.2, 0.25) is 0 Å². The smallest absolute Gasteiger partial charge is 0.335 e. The lowest BCUT2D eigenvalue weighted by Gasteiger charge is -2.17. The van der Waals surface area contributed by atoms with Crippen LogP contribution in [0.3, 0.4) is 0 Å². The van der Waals surface area contributed by atoms with Crippen LogP contribution < -0.4 is 4.90 Å². The molecule has 0 radical (unpaired) electrons. The molecule has 1 heterocycles. The van der Waals surface area contributed by atoms with E-state index in [9.17, 15) is 4.79 Å². The maximum atomic E-state index is 10.9. The Morgan fingerprint density at radius 3 is 2.67 bits per heavy atom. The van der Waals surface area contributed by atoms with Crippen LogP contribution in [-0.4, -0.2) is 29.3 Å². The average Bonchev–Trinajstić information content (AvgIpc) is 2.91. The monoisotopic (exact) mass is 259 g/mol. The molecule has 1 aliphatic heterocycles. The van der Waals surface area contributed by atoms with Gasteiger partial charge in [0.15, 0.2) is 0 Å². The minimum atomic E-state index is -0.878. The summed E-state index contributed by atoms with van der Waals surface area (Å²) in [5, 5.41) is 11.0. The second-order valence-corrected chi connectivity index (χ2v) is 5.43. The summed E-state index contributed by atoms with van der Waals surface area (Å²) in [5.74, 6) is 1.34. The Bertz CT molecular complexity index is 606. The van der Waals surface area contributed by atoms with E-state index in [0.29, 0.717) is 5.56 Å². The van der Waals surface area contributed by atoms with Crippen LogP contribution in [0.5, 0.6) is 0 Å². The summed E-state index contributed by atoms with van der Waals surface area (Å²) in [4.78, 5) is 13.3. The van der Waals surface area contributed by atoms with Crippen LogP contribution in [0.2, 0.25) is 0 Å². The predicted octanol–water partition coefficient (Wildman–Crippen LogP) is 3.05. The molecule has 4 heteroatoms. The molecule has 0 aromatic heterocycles. The summed E-state index contributed by atoms with van der Waals surface area (Å²) in [5.41, 5.74) is 1.56. The number of benzene rings is 2. The van der Waals surface area contributed by atoms with E-state index in [1.807, 2.05) is 23.9 Å². The van der Waals surface area contributed by atoms with Crippen LogP contribution in [0, 0.1) is 0 Å². The molecule has 0 bridgehead atoms. The zero-order chi connectivity index (χ0) is 12.5. The fourth-order valence-electron chi connectivity index (χ4n) is 2.18. The van der Waals surface area contributed by atoms with E-state index >= 15 is 0 Å². The van der Waals surface area contributed by atoms with Gasteiger partial charge in [-0.1, -0.05) is 12.1 Å². The number of nitrogens with zero attached hydrogens (tertiary/aromatic N) is 1. The van der Waals surface area contributed by atoms with Crippen LogP contribution in [-0.2, 0) is 0 Å². The van der Waals surface area contributed by atoms with Gasteiger partial charge in [-0.2, -0.15) is 0 Å². The summed E-state index contributed by atoms with van der Waals surface area (Å²) < 4.78 is 0. The number of fused-ring (bicyclic) bond motifs is 1. The molecule has 0 unspecified atom stereocenters. The Morgan fingerprint density at radius 2 is 1.94 bits per heavy atom. The molecular formula is C14H13NO2S. The summed E-state index contributed by atoms with van der Waals surface area (Å²) in [6.07, 6.45) is 0. The molecule has 1 fully saturated rings. The third-order valence-electron chi connectivity index (χ3n) is 3.19. The molecule has 0 spiro atoms. The fourth-order valence-corrected chi connectivity index (χ4v) is 3.16. The molecule has 0 amide bonds. The highest BCUT2D eigenvalue weighted by Gasteiger charge is 2.13. The Balaban J connectivity index is 2.02. The van der Waals surface area contributed by atoms with Crippen LogP contribution in [0.25, 0.3) is 10.8 Å². The summed E-state index contributed by atoms with van der Waals surface area (Å²) in [7, 11) is 0. The molecule has 92 valence electrons. The van der Waals surface area contributed by atoms with Gasteiger partial charge in [-0.05, 0) is 35.0 Å². The van der Waals surface area contributed by atoms with Gasteiger partial charge in [0.05, 0.1) is 11.4 Å². The first-order valence-electron chi connectivity index (χ1n) is 5.84. The first-order valence-corrected chi connectivity index (χ1v) is 6.99. The molecule has 18 heavy (non-hydrogen) atoms. The van der Waals surface area contributed by atoms with Crippen molar-refractivity contribution in [1.29, 1.82) is 0 Å². The number of carbonyl (C=O) groups is 1. The first-order chi connectivity index (χ1) is 8.74. The SMILES string of the molecule is O=C(O)c1ccc2cc(N3CCSC3)ccc2c1. The van der Waals surface area contributed by atoms with Gasteiger partial charge in [-0.25, -0.2) is 4.79 Å². The van der Waals surface area contributed by atoms with Crippen molar-refractivity contribution >= 4 is 34.2 Å². The number of carboxylic acids is 1. The molecule has 1 saturated heterocycles. The van der Waals surface area contributed by atoms with E-state index in [2.05, 4.69) is 17.0 Å². The highest BCUT2D eigenvalue weighted by Crippen LogP contribution is 2.27. The van der Waals surface area contributed by atoms with Crippen molar-refractivity contribution in [3.63, 3.8) is 0 Å². The number of rotatable bonds is 2. The maximum absolute atomic E-state index is 10.9. The number of hydrogen-bond donors (Lipinski definition) is 1. The first kappa shape index (κ1) is 11.4. The van der Waals surface area contributed by atoms with Crippen molar-refractivity contribution in [3.05, 3.63) is 42.0 Å². The molecule has 2 aromatic carbocycles. The summed E-state index contributed by atoms with van der Waals surface area (Å²) in [6.45, 7) is 1.09. The summed E-state index contributed by atoms with van der Waals surface area (Å²) >= 11 is 1.94. The van der Waals surface area contributed by atoms with E-state index in [1.165, 1.54) is 11.4 Å². The van der Waals surface area contributed by atoms with Gasteiger partial charge < -0.3 is 10.0 Å². The van der Waals surface area contributed by atoms with Crippen LogP contribution >= 0.6 is 11.8 Å². The Kier molecular flexibility index (Phi) is 2.88. The van der Waals surface area contributed by atoms with Crippen molar-refractivity contribution in [2.75, 3.05) is 23.1 Å². The maximum Gasteiger partial charge on any atom is 0.335 e. The van der Waals surface area contributed by atoms with Crippen molar-refractivity contribution in [1.82, 2.24) is 0 Å². The molecule has 2 aromatic rings. The minimum absolute atomic E-state index is 0.340. The molecule has 1 aliphatic rings. The second kappa shape index (κ2) is 4.53. The van der Waals surface area contributed by atoms with E-state index in [1.54, 1.807) is 12.1 Å². The Hall–Kier alpha value is -1.68. The highest BCUT2D eigenvalue weighted by atomic mass is 32.2. The molecule has 0 saturated carbocycles. The van der Waals surface area contributed by atoms with Crippen LogP contribution in [0.4, 0.5) is 5.69 Å². The summed E-state index contributed by atoms with van der Waals surface area (Å²) in [6, 6.07) is 11.5. The lowest BCUT2D eigenvalue weighted by Crippen LogP contribution is -2.17. The van der Waals surface area contributed by atoms with Gasteiger partial charge in [-0.3, -0.25) is 0 Å². The Labute approximate surface area is 109 Å². The van der Waals surface area contributed by atoms with E-state index in [-0.39, 0.29) is 0 Å². The topological polar surface area (TPSA) is 40.5 Å². The van der Waals surface area contributed by atoms with Crippen LogP contribution in [0.1, 0.15) is 10.4 Å². The number of thioether (sulfide) groups is 1. The van der Waals surface area contributed by atoms with Crippen molar-refractivity contribution < 1.29 is 9.90 Å². The molecular weight excluding hydrogens is 246 g/mol. The number of aromatic carboxylic acids is 1. The van der Waals surface area contributed by atoms with E-state index < -0.39 is 5.97 Å². The zero-order valence-corrected chi connectivity index (χ0v) is 10.6. The largest absolute Gasteiger partial charge is 0.478 e. The standard InChI is InChI=1S/C14H13NO2S/c16-14(17)12-2-1-11-8-13(4-3-10(11)7-12)15-5-6-18-9-15/h1-4,7-8H,5-6,9H2,(H,16,17). The third-order valence-corrected chi connectivity index (χ3v) is 4.15. The van der Waals surface area contributed by atoms with Crippen molar-refractivity contribution in [2.24, 2.45) is 0 Å². The third kappa shape index (κ3) is 2.04. The lowest BCUT2D eigenvalue weighted by molar-refractivity contribution is 0.0697. The van der Waals surface area contributed by atoms with Gasteiger partial charge in [0.25, 0.3) is 0 Å². The predicted molar refractivity (Wildman–Crippen MR) is 75.6 cm³/mol. The second-order valence-electron chi connectivity index (χ2n) is 4.35. The molecule has 3 rings (SSSR count). The average molecular weight is 259 g/mol. The van der Waals surface area contributed by atoms with Gasteiger partial charge >= 0.3 is 5.97 Å². The van der Waals surface area contributed by atoms with E-state index in [0.717, 1.165) is 23.2 Å². The molecule has 0 atom stereocenters. The number of hydrogen-bond acceptors (Lipinski definition) is 3. The fraction of sp³-hybridized carbons (Fsp3) is 0.214. The van der Waals surface area contributed by atoms with Crippen molar-refractivity contribution in [2.45, 2.75) is 0 Å². The molecule has 3 nitrogen and oxygen atoms in total. The van der Waals surface area contributed by atoms with E-state index in [4.69, 9.17) is 5.11 Å². The molecule has 1 N–H and O–H groups in total. The lowest BCUT2D eigenvalue weighted by atomic mass is 10.1. The molecule has 0 aliphatic carbocycles. The number of anilines is 1. The minimum Gasteiger partial charge on any atom is -0.478 e. The zero-order valence-electron chi connectivity index (χ0n) is 9.80. The number of carboxylic acid groups (broad SMARTS) is 1. The Morgan fingerprint density at radius 1 is 1.17 bits per heavy atom. The highest BCUT2D eigenvalue weighted by molar-refractivity contribution is 7.99. The quantitative estimate of drug-likeness (QED) is 0.900. The van der Waals surface area contributed by atoms with Gasteiger partial charge in [0, 0.05) is 18.0 Å². The van der Waals surface area contributed by atoms with Gasteiger partial charge in [0.1, 0.15) is 0 Å². The normalized spacial score (nSPS) is 15.2. The van der Waals surface area contributed by atoms with Crippen molar-refractivity contribution in [3.8, 4) is 0 Å². The van der Waals surface area contributed by atoms with Crippen LogP contribution in [0.15, 0.2) is 36.4 Å².